The first-order valence-electron chi connectivity index (χ1n) is 5.57. The molecule has 0 amide bonds. The van der Waals surface area contributed by atoms with E-state index in [0.717, 1.165) is 13.0 Å². The first-order chi connectivity index (χ1) is 6.59. The van der Waals surface area contributed by atoms with Crippen LogP contribution < -0.4 is 5.32 Å². The molecule has 3 heteroatoms. The standard InChI is InChI=1S/C11H23NO2/c1-9(14-3)11(2,13)10-7-5-4-6-8-12-10/h9-10,12-13H,4-8H2,1-3H3. The van der Waals surface area contributed by atoms with Crippen molar-refractivity contribution in [3.05, 3.63) is 0 Å². The third-order valence-corrected chi connectivity index (χ3v) is 3.44. The molecular weight excluding hydrogens is 178 g/mol. The van der Waals surface area contributed by atoms with Gasteiger partial charge in [-0.1, -0.05) is 12.8 Å². The Labute approximate surface area is 86.8 Å². The van der Waals surface area contributed by atoms with E-state index >= 15 is 0 Å². The normalized spacial score (nSPS) is 30.4. The minimum atomic E-state index is -0.765. The van der Waals surface area contributed by atoms with Crippen molar-refractivity contribution in [3.63, 3.8) is 0 Å². The van der Waals surface area contributed by atoms with Crippen LogP contribution in [0.4, 0.5) is 0 Å². The lowest BCUT2D eigenvalue weighted by Crippen LogP contribution is -2.55. The van der Waals surface area contributed by atoms with Gasteiger partial charge >= 0.3 is 0 Å². The van der Waals surface area contributed by atoms with Crippen molar-refractivity contribution in [3.8, 4) is 0 Å². The third kappa shape index (κ3) is 2.69. The summed E-state index contributed by atoms with van der Waals surface area (Å²) in [5.74, 6) is 0. The van der Waals surface area contributed by atoms with Gasteiger partial charge < -0.3 is 15.2 Å². The SMILES string of the molecule is COC(C)C(C)(O)C1CCCCCN1. The lowest BCUT2D eigenvalue weighted by Gasteiger charge is -2.37. The zero-order valence-electron chi connectivity index (χ0n) is 9.55. The van der Waals surface area contributed by atoms with Gasteiger partial charge in [-0.2, -0.15) is 0 Å². The summed E-state index contributed by atoms with van der Waals surface area (Å²) in [5, 5.41) is 13.8. The summed E-state index contributed by atoms with van der Waals surface area (Å²) in [6.07, 6.45) is 4.60. The first kappa shape index (κ1) is 12.0. The minimum Gasteiger partial charge on any atom is -0.386 e. The van der Waals surface area contributed by atoms with Gasteiger partial charge in [-0.05, 0) is 33.2 Å². The molecule has 14 heavy (non-hydrogen) atoms. The van der Waals surface area contributed by atoms with Crippen LogP contribution in [0, 0.1) is 0 Å². The lowest BCUT2D eigenvalue weighted by molar-refractivity contribution is -0.0946. The maximum atomic E-state index is 10.3. The molecule has 0 spiro atoms. The van der Waals surface area contributed by atoms with Crippen LogP contribution >= 0.6 is 0 Å². The number of methoxy groups -OCH3 is 1. The molecule has 2 N–H and O–H groups in total. The van der Waals surface area contributed by atoms with Crippen molar-refractivity contribution in [1.29, 1.82) is 0 Å². The van der Waals surface area contributed by atoms with E-state index in [-0.39, 0.29) is 12.1 Å². The molecule has 0 aromatic heterocycles. The second-order valence-corrected chi connectivity index (χ2v) is 4.46. The average Bonchev–Trinajstić information content (AvgIpc) is 2.44. The maximum Gasteiger partial charge on any atom is 0.103 e. The highest BCUT2D eigenvalue weighted by Gasteiger charge is 2.37. The summed E-state index contributed by atoms with van der Waals surface area (Å²) in [7, 11) is 1.65. The van der Waals surface area contributed by atoms with Crippen molar-refractivity contribution < 1.29 is 9.84 Å². The Morgan fingerprint density at radius 3 is 2.79 bits per heavy atom. The summed E-state index contributed by atoms with van der Waals surface area (Å²) in [5.41, 5.74) is -0.765. The van der Waals surface area contributed by atoms with E-state index in [1.807, 2.05) is 13.8 Å². The van der Waals surface area contributed by atoms with Crippen LogP contribution in [-0.2, 0) is 4.74 Å². The van der Waals surface area contributed by atoms with Gasteiger partial charge in [0, 0.05) is 13.2 Å². The van der Waals surface area contributed by atoms with Crippen LogP contribution in [0.5, 0.6) is 0 Å². The van der Waals surface area contributed by atoms with Crippen LogP contribution in [0.1, 0.15) is 39.5 Å². The molecule has 0 aliphatic carbocycles. The Morgan fingerprint density at radius 2 is 2.14 bits per heavy atom. The van der Waals surface area contributed by atoms with E-state index in [0.29, 0.717) is 0 Å². The Balaban J connectivity index is 2.59. The Hall–Kier alpha value is -0.120. The molecule has 1 saturated heterocycles. The fourth-order valence-corrected chi connectivity index (χ4v) is 2.05. The van der Waals surface area contributed by atoms with Crippen LogP contribution in [0.15, 0.2) is 0 Å². The highest BCUT2D eigenvalue weighted by Crippen LogP contribution is 2.23. The predicted octanol–water partition coefficient (Wildman–Crippen LogP) is 1.30. The molecule has 84 valence electrons. The largest absolute Gasteiger partial charge is 0.386 e. The van der Waals surface area contributed by atoms with Gasteiger partial charge in [0.05, 0.1) is 6.10 Å². The van der Waals surface area contributed by atoms with Gasteiger partial charge in [-0.3, -0.25) is 0 Å². The molecule has 0 radical (unpaired) electrons. The zero-order valence-corrected chi connectivity index (χ0v) is 9.55. The monoisotopic (exact) mass is 201 g/mol. The van der Waals surface area contributed by atoms with Crippen molar-refractivity contribution in [2.45, 2.75) is 57.3 Å². The fraction of sp³-hybridized carbons (Fsp3) is 1.00. The Kier molecular flexibility index (Phi) is 4.35. The van der Waals surface area contributed by atoms with Crippen molar-refractivity contribution >= 4 is 0 Å². The van der Waals surface area contributed by atoms with Crippen molar-refractivity contribution in [1.82, 2.24) is 5.32 Å². The molecule has 1 heterocycles. The smallest absolute Gasteiger partial charge is 0.103 e. The summed E-state index contributed by atoms with van der Waals surface area (Å²) >= 11 is 0. The first-order valence-corrected chi connectivity index (χ1v) is 5.57. The average molecular weight is 201 g/mol. The van der Waals surface area contributed by atoms with E-state index in [4.69, 9.17) is 4.74 Å². The Morgan fingerprint density at radius 1 is 1.43 bits per heavy atom. The molecule has 3 unspecified atom stereocenters. The highest BCUT2D eigenvalue weighted by atomic mass is 16.5. The molecule has 0 saturated carbocycles. The predicted molar refractivity (Wildman–Crippen MR) is 57.4 cm³/mol. The molecule has 3 nitrogen and oxygen atoms in total. The maximum absolute atomic E-state index is 10.3. The number of aliphatic hydroxyl groups is 1. The topological polar surface area (TPSA) is 41.5 Å². The molecule has 0 bridgehead atoms. The van der Waals surface area contributed by atoms with Crippen LogP contribution in [0.2, 0.25) is 0 Å². The number of rotatable bonds is 3. The quantitative estimate of drug-likeness (QED) is 0.723. The second kappa shape index (κ2) is 5.10. The number of hydrogen-bond donors (Lipinski definition) is 2. The number of ether oxygens (including phenoxy) is 1. The van der Waals surface area contributed by atoms with Gasteiger partial charge in [-0.15, -0.1) is 0 Å². The number of nitrogens with one attached hydrogen (secondary N) is 1. The molecule has 1 aliphatic heterocycles. The van der Waals surface area contributed by atoms with Gasteiger partial charge in [0.1, 0.15) is 5.60 Å². The molecular formula is C11H23NO2. The molecule has 1 aliphatic rings. The van der Waals surface area contributed by atoms with Crippen LogP contribution in [-0.4, -0.2) is 36.5 Å². The lowest BCUT2D eigenvalue weighted by atomic mass is 9.88. The van der Waals surface area contributed by atoms with Crippen molar-refractivity contribution in [2.24, 2.45) is 0 Å². The fourth-order valence-electron chi connectivity index (χ4n) is 2.05. The van der Waals surface area contributed by atoms with Gasteiger partial charge in [0.15, 0.2) is 0 Å². The van der Waals surface area contributed by atoms with Gasteiger partial charge in [0.2, 0.25) is 0 Å². The molecule has 1 rings (SSSR count). The molecule has 0 aromatic carbocycles. The molecule has 3 atom stereocenters. The summed E-state index contributed by atoms with van der Waals surface area (Å²) in [6, 6.07) is 0.167. The highest BCUT2D eigenvalue weighted by molar-refractivity contribution is 4.93. The third-order valence-electron chi connectivity index (χ3n) is 3.44. The van der Waals surface area contributed by atoms with Gasteiger partial charge in [-0.25, -0.2) is 0 Å². The second-order valence-electron chi connectivity index (χ2n) is 4.46. The summed E-state index contributed by atoms with van der Waals surface area (Å²) in [6.45, 7) is 4.80. The van der Waals surface area contributed by atoms with E-state index in [2.05, 4.69) is 5.32 Å². The number of hydrogen-bond acceptors (Lipinski definition) is 3. The molecule has 1 fully saturated rings. The van der Waals surface area contributed by atoms with E-state index < -0.39 is 5.60 Å². The van der Waals surface area contributed by atoms with Crippen molar-refractivity contribution in [2.75, 3.05) is 13.7 Å². The zero-order chi connectivity index (χ0) is 10.6. The van der Waals surface area contributed by atoms with E-state index in [9.17, 15) is 5.11 Å². The van der Waals surface area contributed by atoms with Gasteiger partial charge in [0.25, 0.3) is 0 Å². The van der Waals surface area contributed by atoms with E-state index in [1.54, 1.807) is 7.11 Å². The van der Waals surface area contributed by atoms with Crippen LogP contribution in [0.3, 0.4) is 0 Å². The minimum absolute atomic E-state index is 0.127. The molecule has 0 aromatic rings. The summed E-state index contributed by atoms with van der Waals surface area (Å²) < 4.78 is 5.22. The van der Waals surface area contributed by atoms with E-state index in [1.165, 1.54) is 19.3 Å². The van der Waals surface area contributed by atoms with Crippen LogP contribution in [0.25, 0.3) is 0 Å². The Bertz CT molecular complexity index is 163. The summed E-state index contributed by atoms with van der Waals surface area (Å²) in [4.78, 5) is 0.